The van der Waals surface area contributed by atoms with Gasteiger partial charge in [-0.1, -0.05) is 13.8 Å². The first kappa shape index (κ1) is 18.2. The van der Waals surface area contributed by atoms with Crippen molar-refractivity contribution in [3.63, 3.8) is 0 Å². The molecular formula is C17H26N4O3. The summed E-state index contributed by atoms with van der Waals surface area (Å²) < 4.78 is 0. The molecule has 1 fully saturated rings. The fraction of sp³-hybridized carbons (Fsp3) is 0.588. The SMILES string of the molecule is CC(C)C[C@H](CNc1ccc(C(N)=O)cc1[N+](=O)[O-])N1CCCC1. The number of benzene rings is 1. The quantitative estimate of drug-likeness (QED) is 0.562. The summed E-state index contributed by atoms with van der Waals surface area (Å²) in [6.07, 6.45) is 3.46. The lowest BCUT2D eigenvalue weighted by Crippen LogP contribution is -2.39. The minimum Gasteiger partial charge on any atom is -0.378 e. The Morgan fingerprint density at radius 1 is 1.38 bits per heavy atom. The summed E-state index contributed by atoms with van der Waals surface area (Å²) in [6, 6.07) is 4.67. The molecule has 7 nitrogen and oxygen atoms in total. The molecule has 0 bridgehead atoms. The maximum absolute atomic E-state index is 11.3. The van der Waals surface area contributed by atoms with E-state index in [-0.39, 0.29) is 11.3 Å². The fourth-order valence-electron chi connectivity index (χ4n) is 3.23. The van der Waals surface area contributed by atoms with Crippen LogP contribution in [0.15, 0.2) is 18.2 Å². The number of primary amides is 1. The largest absolute Gasteiger partial charge is 0.378 e. The predicted molar refractivity (Wildman–Crippen MR) is 94.2 cm³/mol. The van der Waals surface area contributed by atoms with Gasteiger partial charge in [0.15, 0.2) is 0 Å². The maximum Gasteiger partial charge on any atom is 0.293 e. The topological polar surface area (TPSA) is 101 Å². The highest BCUT2D eigenvalue weighted by Gasteiger charge is 2.24. The Morgan fingerprint density at radius 2 is 2.04 bits per heavy atom. The van der Waals surface area contributed by atoms with Gasteiger partial charge in [-0.3, -0.25) is 19.8 Å². The molecular weight excluding hydrogens is 308 g/mol. The van der Waals surface area contributed by atoms with Crippen LogP contribution in [-0.4, -0.2) is 41.4 Å². The molecule has 1 aliphatic heterocycles. The van der Waals surface area contributed by atoms with E-state index >= 15 is 0 Å². The maximum atomic E-state index is 11.3. The molecule has 1 atom stereocenters. The lowest BCUT2D eigenvalue weighted by Gasteiger charge is -2.29. The van der Waals surface area contributed by atoms with E-state index in [1.165, 1.54) is 25.0 Å². The number of nitrogens with one attached hydrogen (secondary N) is 1. The first-order valence-electron chi connectivity index (χ1n) is 8.44. The van der Waals surface area contributed by atoms with E-state index in [0.29, 0.717) is 24.2 Å². The smallest absolute Gasteiger partial charge is 0.293 e. The van der Waals surface area contributed by atoms with Crippen molar-refractivity contribution in [2.24, 2.45) is 11.7 Å². The number of carbonyl (C=O) groups is 1. The van der Waals surface area contributed by atoms with E-state index in [4.69, 9.17) is 5.73 Å². The van der Waals surface area contributed by atoms with E-state index in [1.54, 1.807) is 6.07 Å². The number of nitrogens with two attached hydrogens (primary N) is 1. The molecule has 0 saturated carbocycles. The van der Waals surface area contributed by atoms with Crippen LogP contribution >= 0.6 is 0 Å². The van der Waals surface area contributed by atoms with Crippen molar-refractivity contribution >= 4 is 17.3 Å². The Labute approximate surface area is 142 Å². The third kappa shape index (κ3) is 4.67. The van der Waals surface area contributed by atoms with Gasteiger partial charge < -0.3 is 11.1 Å². The molecule has 0 unspecified atom stereocenters. The summed E-state index contributed by atoms with van der Waals surface area (Å²) in [4.78, 5) is 24.5. The fourth-order valence-corrected chi connectivity index (χ4v) is 3.23. The summed E-state index contributed by atoms with van der Waals surface area (Å²) in [5.74, 6) is -0.107. The Kier molecular flexibility index (Phi) is 6.14. The Morgan fingerprint density at radius 3 is 2.58 bits per heavy atom. The molecule has 1 aromatic carbocycles. The zero-order valence-corrected chi connectivity index (χ0v) is 14.3. The first-order valence-corrected chi connectivity index (χ1v) is 8.44. The van der Waals surface area contributed by atoms with Gasteiger partial charge in [0.2, 0.25) is 5.91 Å². The number of nitro groups is 1. The van der Waals surface area contributed by atoms with E-state index in [2.05, 4.69) is 24.1 Å². The molecule has 0 spiro atoms. The van der Waals surface area contributed by atoms with E-state index in [0.717, 1.165) is 19.5 Å². The zero-order valence-electron chi connectivity index (χ0n) is 14.3. The number of nitro benzene ring substituents is 1. The van der Waals surface area contributed by atoms with Crippen molar-refractivity contribution in [1.29, 1.82) is 0 Å². The van der Waals surface area contributed by atoms with Crippen LogP contribution in [0.5, 0.6) is 0 Å². The number of hydrogen-bond donors (Lipinski definition) is 2. The van der Waals surface area contributed by atoms with Crippen molar-refractivity contribution in [1.82, 2.24) is 4.90 Å². The molecule has 1 heterocycles. The number of anilines is 1. The van der Waals surface area contributed by atoms with Gasteiger partial charge in [-0.05, 0) is 50.4 Å². The lowest BCUT2D eigenvalue weighted by molar-refractivity contribution is -0.384. The number of hydrogen-bond acceptors (Lipinski definition) is 5. The summed E-state index contributed by atoms with van der Waals surface area (Å²) in [6.45, 7) is 7.19. The van der Waals surface area contributed by atoms with Crippen LogP contribution < -0.4 is 11.1 Å². The van der Waals surface area contributed by atoms with Gasteiger partial charge in [0, 0.05) is 24.2 Å². The highest BCUT2D eigenvalue weighted by atomic mass is 16.6. The molecule has 0 radical (unpaired) electrons. The van der Waals surface area contributed by atoms with Gasteiger partial charge in [0.1, 0.15) is 5.69 Å². The molecule has 24 heavy (non-hydrogen) atoms. The van der Waals surface area contributed by atoms with Gasteiger partial charge in [0.05, 0.1) is 4.92 Å². The van der Waals surface area contributed by atoms with Crippen molar-refractivity contribution in [3.8, 4) is 0 Å². The van der Waals surface area contributed by atoms with Crippen LogP contribution in [-0.2, 0) is 0 Å². The molecule has 0 aromatic heterocycles. The second-order valence-corrected chi connectivity index (χ2v) is 6.76. The summed E-state index contributed by atoms with van der Waals surface area (Å²) in [5.41, 5.74) is 5.66. The van der Waals surface area contributed by atoms with Gasteiger partial charge in [0.25, 0.3) is 5.69 Å². The van der Waals surface area contributed by atoms with Crippen LogP contribution in [0, 0.1) is 16.0 Å². The minimum absolute atomic E-state index is 0.115. The minimum atomic E-state index is -0.667. The molecule has 1 amide bonds. The number of likely N-dealkylation sites (tertiary alicyclic amines) is 1. The van der Waals surface area contributed by atoms with Crippen LogP contribution in [0.25, 0.3) is 0 Å². The second-order valence-electron chi connectivity index (χ2n) is 6.76. The van der Waals surface area contributed by atoms with Crippen LogP contribution in [0.2, 0.25) is 0 Å². The number of amides is 1. The predicted octanol–water partition coefficient (Wildman–Crippen LogP) is 2.62. The summed E-state index contributed by atoms with van der Waals surface area (Å²) in [5, 5.41) is 14.5. The molecule has 1 aromatic rings. The van der Waals surface area contributed by atoms with Crippen LogP contribution in [0.3, 0.4) is 0 Å². The normalized spacial score (nSPS) is 16.3. The van der Waals surface area contributed by atoms with E-state index in [1.807, 2.05) is 0 Å². The van der Waals surface area contributed by atoms with Gasteiger partial charge in [-0.2, -0.15) is 0 Å². The van der Waals surface area contributed by atoms with E-state index in [9.17, 15) is 14.9 Å². The molecule has 3 N–H and O–H groups in total. The summed E-state index contributed by atoms with van der Waals surface area (Å²) in [7, 11) is 0. The molecule has 1 saturated heterocycles. The Bertz CT molecular complexity index is 597. The molecule has 2 rings (SSSR count). The average Bonchev–Trinajstić information content (AvgIpc) is 3.05. The zero-order chi connectivity index (χ0) is 17.7. The van der Waals surface area contributed by atoms with Gasteiger partial charge >= 0.3 is 0 Å². The third-order valence-electron chi connectivity index (χ3n) is 4.41. The second kappa shape index (κ2) is 8.10. The Balaban J connectivity index is 2.13. The monoisotopic (exact) mass is 334 g/mol. The molecule has 0 aliphatic carbocycles. The number of nitrogens with zero attached hydrogens (tertiary/aromatic N) is 2. The van der Waals surface area contributed by atoms with Gasteiger partial charge in [-0.25, -0.2) is 0 Å². The standard InChI is InChI=1S/C17H26N4O3/c1-12(2)9-14(20-7-3-4-8-20)11-19-15-6-5-13(17(18)22)10-16(15)21(23)24/h5-6,10,12,14,19H,3-4,7-9,11H2,1-2H3,(H2,18,22)/t14-/m1/s1. The summed E-state index contributed by atoms with van der Waals surface area (Å²) >= 11 is 0. The van der Waals surface area contributed by atoms with Crippen molar-refractivity contribution in [2.75, 3.05) is 25.0 Å². The van der Waals surface area contributed by atoms with Crippen molar-refractivity contribution in [3.05, 3.63) is 33.9 Å². The highest BCUT2D eigenvalue weighted by molar-refractivity contribution is 5.94. The Hall–Kier alpha value is -2.15. The van der Waals surface area contributed by atoms with Crippen LogP contribution in [0.1, 0.15) is 43.5 Å². The third-order valence-corrected chi connectivity index (χ3v) is 4.41. The van der Waals surface area contributed by atoms with Crippen molar-refractivity contribution < 1.29 is 9.72 Å². The number of rotatable bonds is 8. The molecule has 1 aliphatic rings. The number of carbonyl (C=O) groups excluding carboxylic acids is 1. The van der Waals surface area contributed by atoms with Gasteiger partial charge in [-0.15, -0.1) is 0 Å². The lowest BCUT2D eigenvalue weighted by atomic mass is 10.0. The molecule has 132 valence electrons. The average molecular weight is 334 g/mol. The van der Waals surface area contributed by atoms with Crippen LogP contribution in [0.4, 0.5) is 11.4 Å². The molecule has 7 heteroatoms. The first-order chi connectivity index (χ1) is 11.4. The van der Waals surface area contributed by atoms with Crippen molar-refractivity contribution in [2.45, 2.75) is 39.2 Å². The highest BCUT2D eigenvalue weighted by Crippen LogP contribution is 2.26. The van der Waals surface area contributed by atoms with E-state index < -0.39 is 10.8 Å².